The largest absolute Gasteiger partial charge is 0.340 e. The Morgan fingerprint density at radius 1 is 1.41 bits per heavy atom. The average molecular weight is 237 g/mol. The number of aromatic nitrogens is 3. The summed E-state index contributed by atoms with van der Waals surface area (Å²) in [6.45, 7) is 6.40. The molecule has 1 amide bonds. The zero-order chi connectivity index (χ0) is 12.3. The van der Waals surface area contributed by atoms with Gasteiger partial charge in [0.15, 0.2) is 0 Å². The summed E-state index contributed by atoms with van der Waals surface area (Å²) < 4.78 is 1.69. The molecule has 1 N–H and O–H groups in total. The zero-order valence-electron chi connectivity index (χ0n) is 10.3. The summed E-state index contributed by atoms with van der Waals surface area (Å²) in [6.07, 6.45) is 3.61. The van der Waals surface area contributed by atoms with Gasteiger partial charge in [-0.15, -0.1) is 0 Å². The van der Waals surface area contributed by atoms with Gasteiger partial charge in [-0.1, -0.05) is 0 Å². The molecule has 0 aromatic carbocycles. The monoisotopic (exact) mass is 237 g/mol. The van der Waals surface area contributed by atoms with Gasteiger partial charge in [0.1, 0.15) is 12.7 Å². The van der Waals surface area contributed by atoms with E-state index in [0.717, 1.165) is 13.1 Å². The SMILES string of the molecule is CC1CN(C(=O)CCn2cncn2)CC(C)N1. The van der Waals surface area contributed by atoms with Crippen molar-refractivity contribution in [1.82, 2.24) is 25.0 Å². The Bertz CT molecular complexity index is 354. The van der Waals surface area contributed by atoms with E-state index < -0.39 is 0 Å². The van der Waals surface area contributed by atoms with Gasteiger partial charge in [0.2, 0.25) is 5.91 Å². The standard InChI is InChI=1S/C11H19N5O/c1-9-5-15(6-10(2)14-9)11(17)3-4-16-8-12-7-13-16/h7-10,14H,3-6H2,1-2H3. The number of amides is 1. The number of hydrogen-bond acceptors (Lipinski definition) is 4. The average Bonchev–Trinajstić information content (AvgIpc) is 2.77. The molecule has 1 aliphatic rings. The van der Waals surface area contributed by atoms with Crippen molar-refractivity contribution in [2.75, 3.05) is 13.1 Å². The van der Waals surface area contributed by atoms with Gasteiger partial charge in [-0.3, -0.25) is 9.48 Å². The molecule has 1 aromatic heterocycles. The fourth-order valence-corrected chi connectivity index (χ4v) is 2.25. The van der Waals surface area contributed by atoms with Gasteiger partial charge in [0.05, 0.1) is 6.54 Å². The fraction of sp³-hybridized carbons (Fsp3) is 0.727. The second kappa shape index (κ2) is 5.27. The maximum atomic E-state index is 12.0. The molecule has 2 heterocycles. The van der Waals surface area contributed by atoms with Crippen molar-refractivity contribution < 1.29 is 4.79 Å². The molecular weight excluding hydrogens is 218 g/mol. The quantitative estimate of drug-likeness (QED) is 0.796. The van der Waals surface area contributed by atoms with Crippen molar-refractivity contribution in [1.29, 1.82) is 0 Å². The van der Waals surface area contributed by atoms with Crippen LogP contribution in [0.15, 0.2) is 12.7 Å². The van der Waals surface area contributed by atoms with Crippen LogP contribution in [0, 0.1) is 0 Å². The van der Waals surface area contributed by atoms with Crippen LogP contribution in [0.2, 0.25) is 0 Å². The highest BCUT2D eigenvalue weighted by Gasteiger charge is 2.24. The van der Waals surface area contributed by atoms with Crippen molar-refractivity contribution in [3.63, 3.8) is 0 Å². The van der Waals surface area contributed by atoms with Gasteiger partial charge >= 0.3 is 0 Å². The van der Waals surface area contributed by atoms with E-state index in [1.807, 2.05) is 4.90 Å². The molecule has 17 heavy (non-hydrogen) atoms. The Labute approximate surface area is 101 Å². The minimum absolute atomic E-state index is 0.195. The van der Waals surface area contributed by atoms with Crippen LogP contribution >= 0.6 is 0 Å². The molecule has 2 unspecified atom stereocenters. The number of hydrogen-bond donors (Lipinski definition) is 1. The molecule has 0 saturated carbocycles. The van der Waals surface area contributed by atoms with E-state index in [-0.39, 0.29) is 5.91 Å². The van der Waals surface area contributed by atoms with Gasteiger partial charge in [-0.2, -0.15) is 5.10 Å². The van der Waals surface area contributed by atoms with Crippen molar-refractivity contribution >= 4 is 5.91 Å². The molecule has 6 nitrogen and oxygen atoms in total. The van der Waals surface area contributed by atoms with Crippen LogP contribution in [0.5, 0.6) is 0 Å². The van der Waals surface area contributed by atoms with Gasteiger partial charge in [-0.25, -0.2) is 4.98 Å². The first-order valence-corrected chi connectivity index (χ1v) is 6.01. The van der Waals surface area contributed by atoms with Crippen LogP contribution in [0.25, 0.3) is 0 Å². The topological polar surface area (TPSA) is 63.1 Å². The minimum atomic E-state index is 0.195. The number of piperazine rings is 1. The second-order valence-corrected chi connectivity index (χ2v) is 4.68. The van der Waals surface area contributed by atoms with E-state index in [1.54, 1.807) is 11.0 Å². The van der Waals surface area contributed by atoms with Crippen LogP contribution in [-0.4, -0.2) is 50.7 Å². The first kappa shape index (κ1) is 12.0. The normalized spacial score (nSPS) is 24.9. The Morgan fingerprint density at radius 3 is 2.71 bits per heavy atom. The summed E-state index contributed by atoms with van der Waals surface area (Å²) in [5, 5.41) is 7.40. The lowest BCUT2D eigenvalue weighted by molar-refractivity contribution is -0.133. The van der Waals surface area contributed by atoms with Gasteiger partial charge in [0, 0.05) is 31.6 Å². The molecule has 0 bridgehead atoms. The summed E-state index contributed by atoms with van der Waals surface area (Å²) in [5.41, 5.74) is 0. The lowest BCUT2D eigenvalue weighted by atomic mass is 10.1. The van der Waals surface area contributed by atoms with E-state index in [9.17, 15) is 4.79 Å². The molecule has 0 aliphatic carbocycles. The highest BCUT2D eigenvalue weighted by atomic mass is 16.2. The smallest absolute Gasteiger partial charge is 0.224 e. The van der Waals surface area contributed by atoms with Gasteiger partial charge in [0.25, 0.3) is 0 Å². The predicted molar refractivity (Wildman–Crippen MR) is 63.3 cm³/mol. The highest BCUT2D eigenvalue weighted by molar-refractivity contribution is 5.76. The van der Waals surface area contributed by atoms with Crippen LogP contribution in [0.3, 0.4) is 0 Å². The van der Waals surface area contributed by atoms with Crippen LogP contribution < -0.4 is 5.32 Å². The van der Waals surface area contributed by atoms with Crippen molar-refractivity contribution in [2.45, 2.75) is 38.9 Å². The van der Waals surface area contributed by atoms with Crippen LogP contribution in [0.4, 0.5) is 0 Å². The zero-order valence-corrected chi connectivity index (χ0v) is 10.3. The van der Waals surface area contributed by atoms with E-state index in [1.165, 1.54) is 6.33 Å². The number of carbonyl (C=O) groups is 1. The minimum Gasteiger partial charge on any atom is -0.340 e. The number of nitrogens with zero attached hydrogens (tertiary/aromatic N) is 4. The molecule has 6 heteroatoms. The summed E-state index contributed by atoms with van der Waals surface area (Å²) in [6, 6.07) is 0.739. The molecule has 1 fully saturated rings. The number of nitrogens with one attached hydrogen (secondary N) is 1. The maximum absolute atomic E-state index is 12.0. The van der Waals surface area contributed by atoms with Gasteiger partial charge < -0.3 is 10.2 Å². The molecule has 0 spiro atoms. The summed E-state index contributed by atoms with van der Waals surface area (Å²) in [5.74, 6) is 0.195. The Balaban J connectivity index is 1.83. The third-order valence-electron chi connectivity index (χ3n) is 2.93. The van der Waals surface area contributed by atoms with E-state index in [2.05, 4.69) is 29.2 Å². The lowest BCUT2D eigenvalue weighted by Crippen LogP contribution is -2.55. The molecule has 94 valence electrons. The first-order chi connectivity index (χ1) is 8.15. The number of rotatable bonds is 3. The van der Waals surface area contributed by atoms with E-state index >= 15 is 0 Å². The Hall–Kier alpha value is -1.43. The highest BCUT2D eigenvalue weighted by Crippen LogP contribution is 2.06. The molecule has 1 aliphatic heterocycles. The summed E-state index contributed by atoms with van der Waals surface area (Å²) in [4.78, 5) is 17.8. The van der Waals surface area contributed by atoms with Gasteiger partial charge in [-0.05, 0) is 13.8 Å². The van der Waals surface area contributed by atoms with Crippen molar-refractivity contribution in [3.8, 4) is 0 Å². The molecule has 2 atom stereocenters. The third-order valence-corrected chi connectivity index (χ3v) is 2.93. The lowest BCUT2D eigenvalue weighted by Gasteiger charge is -2.36. The maximum Gasteiger partial charge on any atom is 0.224 e. The van der Waals surface area contributed by atoms with Crippen LogP contribution in [0.1, 0.15) is 20.3 Å². The number of aryl methyl sites for hydroxylation is 1. The summed E-state index contributed by atoms with van der Waals surface area (Å²) >= 11 is 0. The van der Waals surface area contributed by atoms with E-state index in [4.69, 9.17) is 0 Å². The Kier molecular flexibility index (Phi) is 3.73. The summed E-state index contributed by atoms with van der Waals surface area (Å²) in [7, 11) is 0. The van der Waals surface area contributed by atoms with Crippen molar-refractivity contribution in [3.05, 3.63) is 12.7 Å². The van der Waals surface area contributed by atoms with Crippen LogP contribution in [-0.2, 0) is 11.3 Å². The Morgan fingerprint density at radius 2 is 2.12 bits per heavy atom. The third kappa shape index (κ3) is 3.26. The predicted octanol–water partition coefficient (Wildman–Crippen LogP) is -0.123. The molecular formula is C11H19N5O. The first-order valence-electron chi connectivity index (χ1n) is 6.01. The second-order valence-electron chi connectivity index (χ2n) is 4.68. The molecule has 1 saturated heterocycles. The van der Waals surface area contributed by atoms with Crippen molar-refractivity contribution in [2.24, 2.45) is 0 Å². The van der Waals surface area contributed by atoms with E-state index in [0.29, 0.717) is 25.0 Å². The molecule has 2 rings (SSSR count). The molecule has 0 radical (unpaired) electrons. The fourth-order valence-electron chi connectivity index (χ4n) is 2.25. The molecule has 1 aromatic rings. The number of carbonyl (C=O) groups excluding carboxylic acids is 1.